The van der Waals surface area contributed by atoms with Gasteiger partial charge in [-0.25, -0.2) is 0 Å². The van der Waals surface area contributed by atoms with E-state index in [1.165, 1.54) is 5.56 Å². The highest BCUT2D eigenvalue weighted by Gasteiger charge is 2.30. The third kappa shape index (κ3) is 3.29. The summed E-state index contributed by atoms with van der Waals surface area (Å²) < 4.78 is 5.75. The summed E-state index contributed by atoms with van der Waals surface area (Å²) in [7, 11) is -1.55. The van der Waals surface area contributed by atoms with Crippen LogP contribution < -0.4 is 9.83 Å². The van der Waals surface area contributed by atoms with Gasteiger partial charge in [-0.15, -0.1) is 0 Å². The van der Waals surface area contributed by atoms with Crippen molar-refractivity contribution in [2.24, 2.45) is 5.41 Å². The highest BCUT2D eigenvalue weighted by molar-refractivity contribution is 7.55. The van der Waals surface area contributed by atoms with E-state index in [9.17, 15) is 4.89 Å². The minimum atomic E-state index is -1.55. The van der Waals surface area contributed by atoms with Crippen LogP contribution in [0.3, 0.4) is 0 Å². The lowest BCUT2D eigenvalue weighted by molar-refractivity contribution is 0.284. The molecule has 122 valence electrons. The predicted octanol–water partition coefficient (Wildman–Crippen LogP) is 5.39. The van der Waals surface area contributed by atoms with E-state index in [1.807, 2.05) is 24.3 Å². The van der Waals surface area contributed by atoms with Crippen molar-refractivity contribution in [3.63, 3.8) is 0 Å². The smallest absolute Gasteiger partial charge is 0.262 e. The van der Waals surface area contributed by atoms with Gasteiger partial charge < -0.3 is 9.42 Å². The second-order valence-corrected chi connectivity index (χ2v) is 9.42. The third-order valence-corrected chi connectivity index (χ3v) is 5.49. The van der Waals surface area contributed by atoms with Crippen LogP contribution in [-0.4, -0.2) is 4.89 Å². The molecule has 1 atom stereocenters. The Hall–Kier alpha value is -1.37. The number of fused-ring (bicyclic) bond motifs is 3. The zero-order valence-electron chi connectivity index (χ0n) is 14.6. The third-order valence-electron chi connectivity index (χ3n) is 4.32. The monoisotopic (exact) mass is 328 g/mol. The number of rotatable bonds is 2. The van der Waals surface area contributed by atoms with E-state index in [-0.39, 0.29) is 10.8 Å². The Kier molecular flexibility index (Phi) is 4.02. The van der Waals surface area contributed by atoms with Gasteiger partial charge in [0.25, 0.3) is 8.38 Å². The maximum Gasteiger partial charge on any atom is 0.262 e. The lowest BCUT2D eigenvalue weighted by Gasteiger charge is -2.34. The molecule has 23 heavy (non-hydrogen) atoms. The summed E-state index contributed by atoms with van der Waals surface area (Å²) >= 11 is 0. The van der Waals surface area contributed by atoms with Crippen LogP contribution in [0.5, 0.6) is 5.75 Å². The number of hydrogen-bond donors (Lipinski definition) is 1. The molecule has 0 bridgehead atoms. The van der Waals surface area contributed by atoms with E-state index >= 15 is 0 Å². The SMILES string of the molecule is CC(C)(C)CC(C)(C)c1ccc2c(c1)-c1ccccc1P(O)O2. The van der Waals surface area contributed by atoms with Crippen LogP contribution in [0.1, 0.15) is 46.6 Å². The first-order valence-corrected chi connectivity index (χ1v) is 9.30. The molecule has 0 fully saturated rings. The largest absolute Gasteiger partial charge is 0.443 e. The van der Waals surface area contributed by atoms with E-state index < -0.39 is 8.38 Å². The van der Waals surface area contributed by atoms with E-state index in [0.717, 1.165) is 28.6 Å². The summed E-state index contributed by atoms with van der Waals surface area (Å²) in [5.41, 5.74) is 3.86. The van der Waals surface area contributed by atoms with Crippen LogP contribution in [0.25, 0.3) is 11.1 Å². The summed E-state index contributed by atoms with van der Waals surface area (Å²) in [6, 6.07) is 14.4. The van der Waals surface area contributed by atoms with Gasteiger partial charge >= 0.3 is 0 Å². The first-order valence-electron chi connectivity index (χ1n) is 8.08. The Morgan fingerprint density at radius 2 is 1.65 bits per heavy atom. The van der Waals surface area contributed by atoms with Gasteiger partial charge in [-0.05, 0) is 46.6 Å². The van der Waals surface area contributed by atoms with Crippen LogP contribution in [0.15, 0.2) is 42.5 Å². The van der Waals surface area contributed by atoms with Crippen molar-refractivity contribution >= 4 is 13.7 Å². The van der Waals surface area contributed by atoms with Crippen molar-refractivity contribution in [1.29, 1.82) is 0 Å². The molecule has 0 aromatic heterocycles. The molecule has 1 N–H and O–H groups in total. The fourth-order valence-electron chi connectivity index (χ4n) is 3.68. The van der Waals surface area contributed by atoms with Gasteiger partial charge in [0.1, 0.15) is 5.75 Å². The van der Waals surface area contributed by atoms with E-state index in [2.05, 4.69) is 52.8 Å². The lowest BCUT2D eigenvalue weighted by Crippen LogP contribution is -2.25. The Labute approximate surface area is 140 Å². The molecule has 2 nitrogen and oxygen atoms in total. The molecule has 1 unspecified atom stereocenters. The molecule has 1 aliphatic heterocycles. The van der Waals surface area contributed by atoms with Gasteiger partial charge in [0.2, 0.25) is 0 Å². The molecule has 0 saturated heterocycles. The van der Waals surface area contributed by atoms with Crippen molar-refractivity contribution in [2.75, 3.05) is 0 Å². The van der Waals surface area contributed by atoms with Crippen LogP contribution in [0.2, 0.25) is 0 Å². The molecule has 0 saturated carbocycles. The summed E-state index contributed by atoms with van der Waals surface area (Å²) in [5.74, 6) is 0.785. The van der Waals surface area contributed by atoms with Crippen LogP contribution >= 0.6 is 8.38 Å². The van der Waals surface area contributed by atoms with Gasteiger partial charge in [0, 0.05) is 5.56 Å². The zero-order chi connectivity index (χ0) is 16.8. The molecule has 3 rings (SSSR count). The fourth-order valence-corrected chi connectivity index (χ4v) is 4.74. The molecule has 1 heterocycles. The van der Waals surface area contributed by atoms with Crippen LogP contribution in [0.4, 0.5) is 0 Å². The predicted molar refractivity (Wildman–Crippen MR) is 98.4 cm³/mol. The zero-order valence-corrected chi connectivity index (χ0v) is 15.4. The van der Waals surface area contributed by atoms with Gasteiger partial charge in [-0.1, -0.05) is 58.9 Å². The molecule has 3 heteroatoms. The Balaban J connectivity index is 2.07. The quantitative estimate of drug-likeness (QED) is 0.749. The summed E-state index contributed by atoms with van der Waals surface area (Å²) in [6.45, 7) is 11.4. The molecule has 2 aromatic rings. The highest BCUT2D eigenvalue weighted by atomic mass is 31.2. The maximum absolute atomic E-state index is 10.2. The van der Waals surface area contributed by atoms with Gasteiger partial charge in [-0.3, -0.25) is 0 Å². The Morgan fingerprint density at radius 3 is 2.35 bits per heavy atom. The van der Waals surface area contributed by atoms with Gasteiger partial charge in [0.05, 0.1) is 5.30 Å². The van der Waals surface area contributed by atoms with E-state index in [1.54, 1.807) is 0 Å². The normalized spacial score (nSPS) is 17.2. The van der Waals surface area contributed by atoms with Crippen molar-refractivity contribution in [2.45, 2.75) is 46.5 Å². The first-order chi connectivity index (χ1) is 10.7. The summed E-state index contributed by atoms with van der Waals surface area (Å²) in [6.07, 6.45) is 1.11. The molecular weight excluding hydrogens is 303 g/mol. The molecular formula is C20H25O2P. The van der Waals surface area contributed by atoms with Crippen molar-refractivity contribution in [3.05, 3.63) is 48.0 Å². The molecule has 2 aromatic carbocycles. The minimum absolute atomic E-state index is 0.0869. The molecule has 1 aliphatic rings. The number of hydrogen-bond acceptors (Lipinski definition) is 2. The topological polar surface area (TPSA) is 29.5 Å². The average molecular weight is 328 g/mol. The van der Waals surface area contributed by atoms with Crippen molar-refractivity contribution in [1.82, 2.24) is 0 Å². The number of benzene rings is 2. The van der Waals surface area contributed by atoms with Crippen LogP contribution in [-0.2, 0) is 5.41 Å². The van der Waals surface area contributed by atoms with Gasteiger partial charge in [0.15, 0.2) is 0 Å². The first kappa shape index (κ1) is 16.5. The lowest BCUT2D eigenvalue weighted by atomic mass is 9.72. The molecule has 0 aliphatic carbocycles. The second-order valence-electron chi connectivity index (χ2n) is 8.21. The summed E-state index contributed by atoms with van der Waals surface area (Å²) in [5, 5.41) is 0.903. The Bertz CT molecular complexity index is 729. The Morgan fingerprint density at radius 1 is 0.957 bits per heavy atom. The molecule has 0 radical (unpaired) electrons. The minimum Gasteiger partial charge on any atom is -0.443 e. The maximum atomic E-state index is 10.2. The van der Waals surface area contributed by atoms with E-state index in [0.29, 0.717) is 0 Å². The van der Waals surface area contributed by atoms with Crippen molar-refractivity contribution < 1.29 is 9.42 Å². The van der Waals surface area contributed by atoms with Crippen molar-refractivity contribution in [3.8, 4) is 16.9 Å². The standard InChI is InChI=1S/C20H25O2P/c1-19(2,3)13-20(4,5)14-10-11-17-16(12-14)15-8-6-7-9-18(15)23(21)22-17/h6-12,21H,13H2,1-5H3. The average Bonchev–Trinajstić information content (AvgIpc) is 2.45. The highest BCUT2D eigenvalue weighted by Crippen LogP contribution is 2.48. The van der Waals surface area contributed by atoms with Crippen LogP contribution in [0, 0.1) is 5.41 Å². The fraction of sp³-hybridized carbons (Fsp3) is 0.400. The molecule has 0 amide bonds. The second kappa shape index (κ2) is 5.61. The molecule has 0 spiro atoms. The van der Waals surface area contributed by atoms with Gasteiger partial charge in [-0.2, -0.15) is 0 Å². The summed E-state index contributed by atoms with van der Waals surface area (Å²) in [4.78, 5) is 10.2. The van der Waals surface area contributed by atoms with E-state index in [4.69, 9.17) is 4.52 Å².